The van der Waals surface area contributed by atoms with Crippen molar-refractivity contribution in [2.75, 3.05) is 13.1 Å². The van der Waals surface area contributed by atoms with Gasteiger partial charge in [-0.05, 0) is 45.2 Å². The fourth-order valence-electron chi connectivity index (χ4n) is 1.68. The van der Waals surface area contributed by atoms with Crippen LogP contribution in [0.4, 0.5) is 0 Å². The molecule has 1 aromatic rings. The highest BCUT2D eigenvalue weighted by Gasteiger charge is 2.01. The molecule has 0 radical (unpaired) electrons. The topological polar surface area (TPSA) is 50.9 Å². The van der Waals surface area contributed by atoms with Crippen LogP contribution in [0, 0.1) is 12.8 Å². The minimum atomic E-state index is 0.758. The predicted octanol–water partition coefficient (Wildman–Crippen LogP) is 2.31. The SMILES string of the molecule is Cc1csc(CNCCCC(C)CCN)n1. The summed E-state index contributed by atoms with van der Waals surface area (Å²) in [5.41, 5.74) is 6.64. The first kappa shape index (κ1) is 13.6. The molecule has 0 fully saturated rings. The number of hydrogen-bond acceptors (Lipinski definition) is 4. The van der Waals surface area contributed by atoms with Gasteiger partial charge < -0.3 is 11.1 Å². The maximum absolute atomic E-state index is 5.52. The first-order valence-electron chi connectivity index (χ1n) is 6.04. The molecule has 0 amide bonds. The number of aryl methyl sites for hydroxylation is 1. The Labute approximate surface area is 102 Å². The molecule has 0 aliphatic carbocycles. The van der Waals surface area contributed by atoms with Gasteiger partial charge in [0.25, 0.3) is 0 Å². The molecule has 16 heavy (non-hydrogen) atoms. The lowest BCUT2D eigenvalue weighted by molar-refractivity contribution is 0.468. The Morgan fingerprint density at radius 2 is 2.31 bits per heavy atom. The quantitative estimate of drug-likeness (QED) is 0.687. The molecule has 1 aromatic heterocycles. The minimum Gasteiger partial charge on any atom is -0.330 e. The summed E-state index contributed by atoms with van der Waals surface area (Å²) < 4.78 is 0. The van der Waals surface area contributed by atoms with Crippen LogP contribution in [0.3, 0.4) is 0 Å². The Kier molecular flexibility index (Phi) is 6.61. The Morgan fingerprint density at radius 1 is 1.50 bits per heavy atom. The molecule has 3 N–H and O–H groups in total. The van der Waals surface area contributed by atoms with E-state index in [9.17, 15) is 0 Å². The molecule has 0 saturated carbocycles. The maximum Gasteiger partial charge on any atom is 0.107 e. The van der Waals surface area contributed by atoms with Crippen LogP contribution in [0.1, 0.15) is 36.9 Å². The third-order valence-corrected chi connectivity index (χ3v) is 3.62. The second-order valence-electron chi connectivity index (χ2n) is 4.38. The van der Waals surface area contributed by atoms with E-state index in [0.29, 0.717) is 0 Å². The standard InChI is InChI=1S/C12H23N3S/c1-10(5-6-13)4-3-7-14-8-12-15-11(2)9-16-12/h9-10,14H,3-8,13H2,1-2H3. The zero-order chi connectivity index (χ0) is 11.8. The van der Waals surface area contributed by atoms with Gasteiger partial charge in [-0.3, -0.25) is 0 Å². The summed E-state index contributed by atoms with van der Waals surface area (Å²) in [7, 11) is 0. The Bertz CT molecular complexity index is 286. The van der Waals surface area contributed by atoms with E-state index in [-0.39, 0.29) is 0 Å². The van der Waals surface area contributed by atoms with Crippen molar-refractivity contribution < 1.29 is 0 Å². The lowest BCUT2D eigenvalue weighted by atomic mass is 10.0. The predicted molar refractivity (Wildman–Crippen MR) is 70.6 cm³/mol. The molecule has 1 rings (SSSR count). The van der Waals surface area contributed by atoms with Crippen molar-refractivity contribution in [2.45, 2.75) is 39.7 Å². The molecule has 92 valence electrons. The molecule has 3 nitrogen and oxygen atoms in total. The zero-order valence-corrected chi connectivity index (χ0v) is 11.1. The largest absolute Gasteiger partial charge is 0.330 e. The molecule has 0 aliphatic rings. The van der Waals surface area contributed by atoms with Gasteiger partial charge >= 0.3 is 0 Å². The van der Waals surface area contributed by atoms with Crippen LogP contribution in [0.15, 0.2) is 5.38 Å². The van der Waals surface area contributed by atoms with E-state index >= 15 is 0 Å². The zero-order valence-electron chi connectivity index (χ0n) is 10.3. The van der Waals surface area contributed by atoms with Gasteiger partial charge in [-0.25, -0.2) is 4.98 Å². The summed E-state index contributed by atoms with van der Waals surface area (Å²) >= 11 is 1.73. The third-order valence-electron chi connectivity index (χ3n) is 2.65. The highest BCUT2D eigenvalue weighted by atomic mass is 32.1. The normalized spacial score (nSPS) is 12.9. The van der Waals surface area contributed by atoms with Crippen LogP contribution < -0.4 is 11.1 Å². The molecule has 4 heteroatoms. The Balaban J connectivity index is 2.00. The molecule has 0 aliphatic heterocycles. The average molecular weight is 241 g/mol. The number of thiazole rings is 1. The van der Waals surface area contributed by atoms with Crippen LogP contribution in [0.25, 0.3) is 0 Å². The summed E-state index contributed by atoms with van der Waals surface area (Å²) in [6.07, 6.45) is 3.64. The van der Waals surface area contributed by atoms with Crippen molar-refractivity contribution in [3.05, 3.63) is 16.1 Å². The number of nitrogens with two attached hydrogens (primary N) is 1. The lowest BCUT2D eigenvalue weighted by Gasteiger charge is -2.09. The maximum atomic E-state index is 5.52. The number of hydrogen-bond donors (Lipinski definition) is 2. The Morgan fingerprint density at radius 3 is 2.94 bits per heavy atom. The van der Waals surface area contributed by atoms with Crippen LogP contribution in [0.5, 0.6) is 0 Å². The van der Waals surface area contributed by atoms with E-state index in [1.54, 1.807) is 11.3 Å². The van der Waals surface area contributed by atoms with E-state index in [1.807, 2.05) is 6.92 Å². The molecule has 0 saturated heterocycles. The molecule has 1 unspecified atom stereocenters. The van der Waals surface area contributed by atoms with Crippen molar-refractivity contribution in [1.29, 1.82) is 0 Å². The van der Waals surface area contributed by atoms with Crippen LogP contribution in [0.2, 0.25) is 0 Å². The van der Waals surface area contributed by atoms with Gasteiger partial charge in [0.15, 0.2) is 0 Å². The van der Waals surface area contributed by atoms with Gasteiger partial charge in [0.2, 0.25) is 0 Å². The van der Waals surface area contributed by atoms with Crippen molar-refractivity contribution in [3.8, 4) is 0 Å². The first-order valence-corrected chi connectivity index (χ1v) is 6.92. The molecular formula is C12H23N3S. The van der Waals surface area contributed by atoms with E-state index in [0.717, 1.165) is 37.7 Å². The number of nitrogens with one attached hydrogen (secondary N) is 1. The van der Waals surface area contributed by atoms with Crippen LogP contribution >= 0.6 is 11.3 Å². The van der Waals surface area contributed by atoms with Crippen molar-refractivity contribution in [3.63, 3.8) is 0 Å². The van der Waals surface area contributed by atoms with Gasteiger partial charge in [0.1, 0.15) is 5.01 Å². The second-order valence-corrected chi connectivity index (χ2v) is 5.33. The summed E-state index contributed by atoms with van der Waals surface area (Å²) in [5, 5.41) is 6.71. The van der Waals surface area contributed by atoms with Crippen LogP contribution in [-0.4, -0.2) is 18.1 Å². The highest BCUT2D eigenvalue weighted by molar-refractivity contribution is 7.09. The van der Waals surface area contributed by atoms with E-state index in [2.05, 4.69) is 22.6 Å². The Hall–Kier alpha value is -0.450. The van der Waals surface area contributed by atoms with Gasteiger partial charge in [-0.15, -0.1) is 11.3 Å². The van der Waals surface area contributed by atoms with Crippen molar-refractivity contribution in [1.82, 2.24) is 10.3 Å². The molecule has 0 aromatic carbocycles. The third kappa shape index (κ3) is 5.58. The minimum absolute atomic E-state index is 0.758. The van der Waals surface area contributed by atoms with Gasteiger partial charge in [-0.2, -0.15) is 0 Å². The molecule has 1 heterocycles. The van der Waals surface area contributed by atoms with E-state index in [4.69, 9.17) is 5.73 Å². The fourth-order valence-corrected chi connectivity index (χ4v) is 2.42. The summed E-state index contributed by atoms with van der Waals surface area (Å²) in [6.45, 7) is 7.11. The van der Waals surface area contributed by atoms with E-state index < -0.39 is 0 Å². The monoisotopic (exact) mass is 241 g/mol. The van der Waals surface area contributed by atoms with Crippen molar-refractivity contribution in [2.24, 2.45) is 11.7 Å². The summed E-state index contributed by atoms with van der Waals surface area (Å²) in [6, 6.07) is 0. The molecular weight excluding hydrogens is 218 g/mol. The average Bonchev–Trinajstić information content (AvgIpc) is 2.64. The van der Waals surface area contributed by atoms with Gasteiger partial charge in [0, 0.05) is 17.6 Å². The smallest absolute Gasteiger partial charge is 0.107 e. The number of aromatic nitrogens is 1. The molecule has 0 bridgehead atoms. The number of rotatable bonds is 8. The van der Waals surface area contributed by atoms with Crippen molar-refractivity contribution >= 4 is 11.3 Å². The summed E-state index contributed by atoms with van der Waals surface area (Å²) in [4.78, 5) is 4.41. The fraction of sp³-hybridized carbons (Fsp3) is 0.750. The van der Waals surface area contributed by atoms with Crippen LogP contribution in [-0.2, 0) is 6.54 Å². The first-order chi connectivity index (χ1) is 7.72. The molecule has 0 spiro atoms. The number of nitrogens with zero attached hydrogens (tertiary/aromatic N) is 1. The highest BCUT2D eigenvalue weighted by Crippen LogP contribution is 2.09. The molecule has 1 atom stereocenters. The van der Waals surface area contributed by atoms with E-state index in [1.165, 1.54) is 17.8 Å². The second kappa shape index (κ2) is 7.76. The van der Waals surface area contributed by atoms with Gasteiger partial charge in [-0.1, -0.05) is 6.92 Å². The summed E-state index contributed by atoms with van der Waals surface area (Å²) in [5.74, 6) is 0.758. The lowest BCUT2D eigenvalue weighted by Crippen LogP contribution is -2.16. The van der Waals surface area contributed by atoms with Gasteiger partial charge in [0.05, 0.1) is 0 Å².